The van der Waals surface area contributed by atoms with Crippen LogP contribution in [0, 0.1) is 6.92 Å². The molecular formula is C26H28N4O4S. The summed E-state index contributed by atoms with van der Waals surface area (Å²) in [7, 11) is -4.27. The number of amides is 1. The Morgan fingerprint density at radius 3 is 2.23 bits per heavy atom. The maximum absolute atomic E-state index is 11.6. The van der Waals surface area contributed by atoms with E-state index >= 15 is 0 Å². The van der Waals surface area contributed by atoms with E-state index in [9.17, 15) is 17.8 Å². The number of quaternary nitrogens is 1. The highest BCUT2D eigenvalue weighted by Gasteiger charge is 2.16. The van der Waals surface area contributed by atoms with Crippen LogP contribution < -0.4 is 10.6 Å². The number of carbonyl (C=O) groups is 1. The summed E-state index contributed by atoms with van der Waals surface area (Å²) in [6.45, 7) is 4.25. The summed E-state index contributed by atoms with van der Waals surface area (Å²) in [5.74, 6) is -0.449. The lowest BCUT2D eigenvalue weighted by Gasteiger charge is -2.23. The molecule has 1 fully saturated rings. The van der Waals surface area contributed by atoms with E-state index in [1.54, 1.807) is 23.1 Å². The van der Waals surface area contributed by atoms with Crippen molar-refractivity contribution in [3.63, 3.8) is 0 Å². The SMILES string of the molecule is Cc1ccc(S(=O)(=O)[O-])cc1.NC(=O)c1cccc2cn(-c3ccc([NH+]4CCCCC4)cc3)nc12. The number of carbonyl (C=O) groups excluding carboxylic acids is 1. The van der Waals surface area contributed by atoms with Gasteiger partial charge in [0.2, 0.25) is 0 Å². The molecule has 5 rings (SSSR count). The third-order valence-electron chi connectivity index (χ3n) is 6.11. The summed E-state index contributed by atoms with van der Waals surface area (Å²) in [5.41, 5.74) is 9.80. The lowest BCUT2D eigenvalue weighted by molar-refractivity contribution is -0.838. The molecule has 0 atom stereocenters. The number of primary amides is 1. The zero-order chi connectivity index (χ0) is 25.0. The first-order valence-electron chi connectivity index (χ1n) is 11.5. The first kappa shape index (κ1) is 24.6. The summed E-state index contributed by atoms with van der Waals surface area (Å²) in [5, 5.41) is 5.47. The smallest absolute Gasteiger partial charge is 0.250 e. The standard InChI is InChI=1S/C19H20N4O.C7H8O3S/c20-19(24)17-6-4-5-14-13-23(21-18(14)17)16-9-7-15(8-10-16)22-11-2-1-3-12-22;1-6-2-4-7(5-3-6)11(8,9)10/h4-10,13H,1-3,11-12H2,(H2,20,24);2-5H,1H3,(H,8,9,10). The highest BCUT2D eigenvalue weighted by atomic mass is 32.2. The van der Waals surface area contributed by atoms with Gasteiger partial charge in [0.05, 0.1) is 29.2 Å². The molecule has 4 aromatic rings. The molecule has 8 nitrogen and oxygen atoms in total. The van der Waals surface area contributed by atoms with Crippen molar-refractivity contribution in [1.29, 1.82) is 0 Å². The molecular weight excluding hydrogens is 464 g/mol. The highest BCUT2D eigenvalue weighted by Crippen LogP contribution is 2.20. The molecule has 0 radical (unpaired) electrons. The van der Waals surface area contributed by atoms with Crippen molar-refractivity contribution >= 4 is 32.6 Å². The fourth-order valence-electron chi connectivity index (χ4n) is 4.20. The second-order valence-electron chi connectivity index (χ2n) is 8.66. The summed E-state index contributed by atoms with van der Waals surface area (Å²) >= 11 is 0. The average Bonchev–Trinajstić information content (AvgIpc) is 3.29. The minimum absolute atomic E-state index is 0.178. The number of rotatable bonds is 4. The van der Waals surface area contributed by atoms with Crippen molar-refractivity contribution in [2.75, 3.05) is 13.1 Å². The van der Waals surface area contributed by atoms with Gasteiger partial charge in [0.1, 0.15) is 21.3 Å². The monoisotopic (exact) mass is 492 g/mol. The Balaban J connectivity index is 0.000000221. The molecule has 0 aliphatic carbocycles. The minimum Gasteiger partial charge on any atom is -0.744 e. The Kier molecular flexibility index (Phi) is 7.30. The molecule has 0 spiro atoms. The van der Waals surface area contributed by atoms with Gasteiger partial charge in [-0.05, 0) is 56.5 Å². The second kappa shape index (κ2) is 10.4. The van der Waals surface area contributed by atoms with E-state index in [-0.39, 0.29) is 4.90 Å². The van der Waals surface area contributed by atoms with Crippen LogP contribution >= 0.6 is 0 Å². The van der Waals surface area contributed by atoms with E-state index < -0.39 is 16.0 Å². The molecule has 0 bridgehead atoms. The van der Waals surface area contributed by atoms with Gasteiger partial charge >= 0.3 is 0 Å². The molecule has 3 aromatic carbocycles. The number of benzene rings is 3. The van der Waals surface area contributed by atoms with E-state index in [4.69, 9.17) is 5.73 Å². The number of hydrogen-bond acceptors (Lipinski definition) is 5. The summed E-state index contributed by atoms with van der Waals surface area (Å²) < 4.78 is 33.0. The fraction of sp³-hybridized carbons (Fsp3) is 0.231. The van der Waals surface area contributed by atoms with Crippen LogP contribution in [0.2, 0.25) is 0 Å². The molecule has 1 amide bonds. The number of nitrogens with one attached hydrogen (secondary N) is 1. The van der Waals surface area contributed by atoms with E-state index in [0.29, 0.717) is 11.1 Å². The van der Waals surface area contributed by atoms with E-state index in [1.807, 2.05) is 29.9 Å². The summed E-state index contributed by atoms with van der Waals surface area (Å²) in [6, 6.07) is 19.8. The largest absolute Gasteiger partial charge is 0.744 e. The molecule has 0 unspecified atom stereocenters. The maximum Gasteiger partial charge on any atom is 0.250 e. The van der Waals surface area contributed by atoms with Crippen LogP contribution in [0.4, 0.5) is 5.69 Å². The van der Waals surface area contributed by atoms with Crippen LogP contribution in [-0.2, 0) is 10.1 Å². The first-order valence-corrected chi connectivity index (χ1v) is 12.9. The number of fused-ring (bicyclic) bond motifs is 1. The van der Waals surface area contributed by atoms with Crippen LogP contribution in [0.15, 0.2) is 77.8 Å². The first-order chi connectivity index (χ1) is 16.7. The van der Waals surface area contributed by atoms with Crippen molar-refractivity contribution in [2.24, 2.45) is 5.73 Å². The van der Waals surface area contributed by atoms with Gasteiger partial charge in [-0.3, -0.25) is 4.79 Å². The molecule has 3 N–H and O–H groups in total. The van der Waals surface area contributed by atoms with Crippen LogP contribution in [0.5, 0.6) is 0 Å². The zero-order valence-electron chi connectivity index (χ0n) is 19.5. The molecule has 182 valence electrons. The molecule has 35 heavy (non-hydrogen) atoms. The molecule has 1 aromatic heterocycles. The highest BCUT2D eigenvalue weighted by molar-refractivity contribution is 7.85. The number of aromatic nitrogens is 2. The zero-order valence-corrected chi connectivity index (χ0v) is 20.3. The van der Waals surface area contributed by atoms with Crippen molar-refractivity contribution in [2.45, 2.75) is 31.1 Å². The van der Waals surface area contributed by atoms with Gasteiger partial charge in [-0.1, -0.05) is 29.8 Å². The van der Waals surface area contributed by atoms with Gasteiger partial charge in [0.25, 0.3) is 5.91 Å². The normalized spacial score (nSPS) is 14.3. The Morgan fingerprint density at radius 2 is 1.63 bits per heavy atom. The minimum atomic E-state index is -4.27. The van der Waals surface area contributed by atoms with Gasteiger partial charge in [0, 0.05) is 23.7 Å². The lowest BCUT2D eigenvalue weighted by atomic mass is 10.1. The van der Waals surface area contributed by atoms with Crippen LogP contribution in [0.3, 0.4) is 0 Å². The molecule has 1 aliphatic rings. The van der Waals surface area contributed by atoms with E-state index in [0.717, 1.165) is 16.6 Å². The Hall–Kier alpha value is -3.53. The quantitative estimate of drug-likeness (QED) is 0.424. The molecule has 1 saturated heterocycles. The van der Waals surface area contributed by atoms with Crippen molar-refractivity contribution in [1.82, 2.24) is 9.78 Å². The van der Waals surface area contributed by atoms with Crippen LogP contribution in [0.1, 0.15) is 35.2 Å². The van der Waals surface area contributed by atoms with Gasteiger partial charge in [-0.25, -0.2) is 13.1 Å². The lowest BCUT2D eigenvalue weighted by Crippen LogP contribution is -3.08. The fourth-order valence-corrected chi connectivity index (χ4v) is 4.67. The number of aryl methyl sites for hydroxylation is 1. The number of piperidine rings is 1. The molecule has 2 heterocycles. The van der Waals surface area contributed by atoms with Crippen molar-refractivity contribution in [3.05, 3.63) is 84.1 Å². The Bertz CT molecular complexity index is 1420. The predicted molar refractivity (Wildman–Crippen MR) is 133 cm³/mol. The Morgan fingerprint density at radius 1 is 0.971 bits per heavy atom. The number of nitrogens with two attached hydrogens (primary N) is 1. The van der Waals surface area contributed by atoms with Crippen molar-refractivity contribution < 1.29 is 22.7 Å². The molecule has 9 heteroatoms. The third kappa shape index (κ3) is 5.94. The van der Waals surface area contributed by atoms with E-state index in [2.05, 4.69) is 29.4 Å². The van der Waals surface area contributed by atoms with Crippen molar-refractivity contribution in [3.8, 4) is 5.69 Å². The maximum atomic E-state index is 11.6. The van der Waals surface area contributed by atoms with Crippen LogP contribution in [-0.4, -0.2) is 41.7 Å². The topological polar surface area (TPSA) is 123 Å². The van der Waals surface area contributed by atoms with Gasteiger partial charge in [0.15, 0.2) is 0 Å². The molecule has 0 saturated carbocycles. The Labute approximate surface area is 204 Å². The molecule has 1 aliphatic heterocycles. The average molecular weight is 493 g/mol. The summed E-state index contributed by atoms with van der Waals surface area (Å²) in [6.07, 6.45) is 5.89. The predicted octanol–water partition coefficient (Wildman–Crippen LogP) is 2.72. The number of hydrogen-bond donors (Lipinski definition) is 2. The van der Waals surface area contributed by atoms with Gasteiger partial charge < -0.3 is 15.2 Å². The third-order valence-corrected chi connectivity index (χ3v) is 6.96. The summed E-state index contributed by atoms with van der Waals surface area (Å²) in [4.78, 5) is 12.9. The van der Waals surface area contributed by atoms with E-state index in [1.165, 1.54) is 50.2 Å². The van der Waals surface area contributed by atoms with Gasteiger partial charge in [-0.15, -0.1) is 0 Å². The van der Waals surface area contributed by atoms with Crippen LogP contribution in [0.25, 0.3) is 16.6 Å². The van der Waals surface area contributed by atoms with Gasteiger partial charge in [-0.2, -0.15) is 5.10 Å². The number of nitrogens with zero attached hydrogens (tertiary/aromatic N) is 2. The second-order valence-corrected chi connectivity index (χ2v) is 10.0.